The van der Waals surface area contributed by atoms with Crippen molar-refractivity contribution in [2.75, 3.05) is 31.1 Å². The SMILES string of the molecule is C=CC(=O)N1CCN(c2nc(C)nc3c(F)c(-c4c(C)ccc5[nH]ncc45)c(Cl)cc23)CC1. The Labute approximate surface area is 194 Å². The van der Waals surface area contributed by atoms with E-state index in [1.165, 1.54) is 6.08 Å². The van der Waals surface area contributed by atoms with Gasteiger partial charge in [-0.15, -0.1) is 0 Å². The number of halogens is 2. The lowest BCUT2D eigenvalue weighted by Crippen LogP contribution is -2.48. The van der Waals surface area contributed by atoms with Crippen molar-refractivity contribution in [3.63, 3.8) is 0 Å². The number of hydrogen-bond donors (Lipinski definition) is 1. The summed E-state index contributed by atoms with van der Waals surface area (Å²) in [4.78, 5) is 24.8. The second kappa shape index (κ2) is 8.12. The zero-order chi connectivity index (χ0) is 23.3. The smallest absolute Gasteiger partial charge is 0.246 e. The van der Waals surface area contributed by atoms with Crippen molar-refractivity contribution in [1.29, 1.82) is 0 Å². The molecule has 0 spiro atoms. The number of aromatic nitrogens is 4. The summed E-state index contributed by atoms with van der Waals surface area (Å²) in [6.07, 6.45) is 3.00. The van der Waals surface area contributed by atoms with Crippen LogP contribution in [0.1, 0.15) is 11.4 Å². The van der Waals surface area contributed by atoms with Gasteiger partial charge < -0.3 is 9.80 Å². The van der Waals surface area contributed by atoms with Crippen molar-refractivity contribution in [3.05, 3.63) is 59.3 Å². The third kappa shape index (κ3) is 3.51. The largest absolute Gasteiger partial charge is 0.352 e. The van der Waals surface area contributed by atoms with Gasteiger partial charge in [-0.05, 0) is 37.6 Å². The van der Waals surface area contributed by atoms with Crippen LogP contribution >= 0.6 is 11.6 Å². The van der Waals surface area contributed by atoms with E-state index >= 15 is 4.39 Å². The lowest BCUT2D eigenvalue weighted by Gasteiger charge is -2.35. The molecular formula is C24H22ClFN6O. The van der Waals surface area contributed by atoms with Crippen LogP contribution in [0.5, 0.6) is 0 Å². The van der Waals surface area contributed by atoms with Gasteiger partial charge in [-0.25, -0.2) is 14.4 Å². The number of H-pyrrole nitrogens is 1. The lowest BCUT2D eigenvalue weighted by atomic mass is 9.95. The zero-order valence-corrected chi connectivity index (χ0v) is 19.1. The van der Waals surface area contributed by atoms with Crippen LogP contribution in [0.4, 0.5) is 10.2 Å². The fraction of sp³-hybridized carbons (Fsp3) is 0.250. The van der Waals surface area contributed by atoms with Gasteiger partial charge in [-0.1, -0.05) is 24.2 Å². The summed E-state index contributed by atoms with van der Waals surface area (Å²) in [5.41, 5.74) is 2.91. The highest BCUT2D eigenvalue weighted by Crippen LogP contribution is 2.41. The van der Waals surface area contributed by atoms with Crippen LogP contribution in [0.2, 0.25) is 5.02 Å². The maximum absolute atomic E-state index is 16.1. The number of carbonyl (C=O) groups is 1. The molecular weight excluding hydrogens is 443 g/mol. The van der Waals surface area contributed by atoms with Crippen LogP contribution in [-0.2, 0) is 4.79 Å². The van der Waals surface area contributed by atoms with Crippen LogP contribution < -0.4 is 4.90 Å². The molecule has 0 atom stereocenters. The Balaban J connectivity index is 1.66. The van der Waals surface area contributed by atoms with E-state index in [0.29, 0.717) is 54.3 Å². The van der Waals surface area contributed by atoms with Gasteiger partial charge in [0.2, 0.25) is 5.91 Å². The van der Waals surface area contributed by atoms with Gasteiger partial charge in [0.05, 0.1) is 16.7 Å². The van der Waals surface area contributed by atoms with Gasteiger partial charge in [0.15, 0.2) is 5.82 Å². The summed E-state index contributed by atoms with van der Waals surface area (Å²) in [5.74, 6) is 0.503. The summed E-state index contributed by atoms with van der Waals surface area (Å²) in [7, 11) is 0. The average Bonchev–Trinajstić information content (AvgIpc) is 3.29. The topological polar surface area (TPSA) is 78.0 Å². The number of hydrogen-bond acceptors (Lipinski definition) is 5. The van der Waals surface area contributed by atoms with E-state index in [9.17, 15) is 4.79 Å². The quantitative estimate of drug-likeness (QED) is 0.454. The molecule has 2 aromatic carbocycles. The monoisotopic (exact) mass is 464 g/mol. The van der Waals surface area contributed by atoms with Crippen molar-refractivity contribution in [3.8, 4) is 11.1 Å². The molecule has 0 unspecified atom stereocenters. The normalized spacial score (nSPS) is 14.3. The number of benzene rings is 2. The van der Waals surface area contributed by atoms with Crippen molar-refractivity contribution in [2.45, 2.75) is 13.8 Å². The first-order valence-corrected chi connectivity index (χ1v) is 11.0. The number of rotatable bonds is 3. The van der Waals surface area contributed by atoms with Gasteiger partial charge in [0.25, 0.3) is 0 Å². The fourth-order valence-electron chi connectivity index (χ4n) is 4.49. The van der Waals surface area contributed by atoms with Gasteiger partial charge in [-0.3, -0.25) is 9.89 Å². The van der Waals surface area contributed by atoms with E-state index in [4.69, 9.17) is 11.6 Å². The van der Waals surface area contributed by atoms with E-state index in [-0.39, 0.29) is 16.4 Å². The Kier molecular flexibility index (Phi) is 5.25. The van der Waals surface area contributed by atoms with E-state index < -0.39 is 5.82 Å². The van der Waals surface area contributed by atoms with Crippen LogP contribution in [0, 0.1) is 19.7 Å². The molecule has 0 saturated carbocycles. The maximum Gasteiger partial charge on any atom is 0.246 e. The summed E-state index contributed by atoms with van der Waals surface area (Å²) < 4.78 is 16.1. The Hall–Kier alpha value is -3.52. The Morgan fingerprint density at radius 3 is 2.64 bits per heavy atom. The van der Waals surface area contributed by atoms with Crippen LogP contribution in [-0.4, -0.2) is 57.2 Å². The number of nitrogens with one attached hydrogen (secondary N) is 1. The predicted molar refractivity (Wildman–Crippen MR) is 128 cm³/mol. The molecule has 1 N–H and O–H groups in total. The molecule has 0 aliphatic carbocycles. The lowest BCUT2D eigenvalue weighted by molar-refractivity contribution is -0.126. The Morgan fingerprint density at radius 2 is 1.91 bits per heavy atom. The number of aromatic amines is 1. The van der Waals surface area contributed by atoms with Crippen molar-refractivity contribution >= 4 is 45.1 Å². The second-order valence-corrected chi connectivity index (χ2v) is 8.55. The van der Waals surface area contributed by atoms with Crippen LogP contribution in [0.25, 0.3) is 32.9 Å². The molecule has 1 aliphatic heterocycles. The third-order valence-corrected chi connectivity index (χ3v) is 6.42. The molecule has 1 saturated heterocycles. The fourth-order valence-corrected chi connectivity index (χ4v) is 4.77. The van der Waals surface area contributed by atoms with Gasteiger partial charge in [-0.2, -0.15) is 5.10 Å². The minimum Gasteiger partial charge on any atom is -0.352 e. The van der Waals surface area contributed by atoms with Crippen molar-refractivity contribution in [2.24, 2.45) is 0 Å². The van der Waals surface area contributed by atoms with Crippen LogP contribution in [0.3, 0.4) is 0 Å². The molecule has 9 heteroatoms. The standard InChI is InChI=1S/C24H22ClFN6O/c1-4-19(33)31-7-9-32(10-8-31)24-15-11-17(25)21(22(26)23(15)28-14(3)29-24)20-13(2)5-6-18-16(20)12-27-30-18/h4-6,11-12H,1,7-10H2,2-3H3,(H,27,30). The molecule has 1 fully saturated rings. The number of piperazine rings is 1. The summed E-state index contributed by atoms with van der Waals surface area (Å²) >= 11 is 6.71. The molecule has 3 heterocycles. The molecule has 5 rings (SSSR count). The number of carbonyl (C=O) groups excluding carboxylic acids is 1. The first kappa shape index (κ1) is 21.3. The highest BCUT2D eigenvalue weighted by Gasteiger charge is 2.26. The number of aryl methyl sites for hydroxylation is 2. The van der Waals surface area contributed by atoms with Gasteiger partial charge in [0, 0.05) is 48.1 Å². The minimum atomic E-state index is -0.485. The number of anilines is 1. The van der Waals surface area contributed by atoms with Crippen molar-refractivity contribution < 1.29 is 9.18 Å². The van der Waals surface area contributed by atoms with Gasteiger partial charge >= 0.3 is 0 Å². The number of fused-ring (bicyclic) bond motifs is 2. The van der Waals surface area contributed by atoms with E-state index in [0.717, 1.165) is 16.5 Å². The zero-order valence-electron chi connectivity index (χ0n) is 18.3. The highest BCUT2D eigenvalue weighted by atomic mass is 35.5. The Bertz CT molecular complexity index is 1420. The van der Waals surface area contributed by atoms with E-state index in [1.54, 1.807) is 24.1 Å². The predicted octanol–water partition coefficient (Wildman–Crippen LogP) is 4.42. The minimum absolute atomic E-state index is 0.0964. The molecule has 7 nitrogen and oxygen atoms in total. The summed E-state index contributed by atoms with van der Waals surface area (Å²) in [5, 5.41) is 8.66. The number of nitrogens with zero attached hydrogens (tertiary/aromatic N) is 5. The van der Waals surface area contributed by atoms with Gasteiger partial charge in [0.1, 0.15) is 17.2 Å². The molecule has 33 heavy (non-hydrogen) atoms. The highest BCUT2D eigenvalue weighted by molar-refractivity contribution is 6.35. The molecule has 1 aliphatic rings. The summed E-state index contributed by atoms with van der Waals surface area (Å²) in [6, 6.07) is 5.56. The first-order valence-electron chi connectivity index (χ1n) is 10.6. The molecule has 4 aromatic rings. The van der Waals surface area contributed by atoms with E-state index in [2.05, 4.69) is 26.7 Å². The average molecular weight is 465 g/mol. The number of amides is 1. The molecule has 168 valence electrons. The Morgan fingerprint density at radius 1 is 1.15 bits per heavy atom. The molecule has 1 amide bonds. The summed E-state index contributed by atoms with van der Waals surface area (Å²) in [6.45, 7) is 9.42. The molecule has 0 radical (unpaired) electrons. The van der Waals surface area contributed by atoms with Crippen molar-refractivity contribution in [1.82, 2.24) is 25.1 Å². The molecule has 2 aromatic heterocycles. The van der Waals surface area contributed by atoms with Crippen LogP contribution in [0.15, 0.2) is 37.1 Å². The maximum atomic E-state index is 16.1. The van der Waals surface area contributed by atoms with E-state index in [1.807, 2.05) is 24.0 Å². The first-order chi connectivity index (χ1) is 15.9. The molecule has 0 bridgehead atoms. The third-order valence-electron chi connectivity index (χ3n) is 6.12. The second-order valence-electron chi connectivity index (χ2n) is 8.14.